The van der Waals surface area contributed by atoms with Crippen LogP contribution < -0.4 is 0 Å². The van der Waals surface area contributed by atoms with E-state index in [1.54, 1.807) is 0 Å². The maximum Gasteiger partial charge on any atom is 0.105 e. The van der Waals surface area contributed by atoms with Crippen LogP contribution in [0.15, 0.2) is 0 Å². The van der Waals surface area contributed by atoms with Gasteiger partial charge in [0, 0.05) is 13.1 Å². The molecule has 0 spiro atoms. The summed E-state index contributed by atoms with van der Waals surface area (Å²) in [5, 5.41) is 0. The lowest BCUT2D eigenvalue weighted by molar-refractivity contribution is 0.234. The molecule has 2 rings (SSSR count). The fraction of sp³-hybridized carbons (Fsp3) is 1.00. The molecule has 0 radical (unpaired) electrons. The molecule has 2 heteroatoms. The first-order valence-electron chi connectivity index (χ1n) is 3.57. The second-order valence-corrected chi connectivity index (χ2v) is 3.45. The van der Waals surface area contributed by atoms with Crippen molar-refractivity contribution in [1.82, 2.24) is 4.90 Å². The molecule has 0 saturated carbocycles. The topological polar surface area (TPSA) is 15.8 Å². The monoisotopic (exact) mass is 127 g/mol. The van der Waals surface area contributed by atoms with Crippen LogP contribution in [0, 0.1) is 0 Å². The summed E-state index contributed by atoms with van der Waals surface area (Å²) < 4.78 is 5.49. The van der Waals surface area contributed by atoms with Gasteiger partial charge in [0.15, 0.2) is 0 Å². The lowest BCUT2D eigenvalue weighted by Crippen LogP contribution is -2.37. The third-order valence-corrected chi connectivity index (χ3v) is 2.39. The van der Waals surface area contributed by atoms with Crippen LogP contribution in [0.5, 0.6) is 0 Å². The molecule has 9 heavy (non-hydrogen) atoms. The van der Waals surface area contributed by atoms with E-state index >= 15 is 0 Å². The molecule has 0 bridgehead atoms. The molecule has 2 saturated heterocycles. The average Bonchev–Trinajstić information content (AvgIpc) is 2.38. The van der Waals surface area contributed by atoms with Crippen molar-refractivity contribution in [3.05, 3.63) is 0 Å². The smallest absolute Gasteiger partial charge is 0.105 e. The first-order valence-corrected chi connectivity index (χ1v) is 3.57. The summed E-state index contributed by atoms with van der Waals surface area (Å²) in [7, 11) is 2.16. The van der Waals surface area contributed by atoms with E-state index in [2.05, 4.69) is 18.9 Å². The first kappa shape index (κ1) is 5.69. The van der Waals surface area contributed by atoms with Crippen molar-refractivity contribution in [3.8, 4) is 0 Å². The second-order valence-electron chi connectivity index (χ2n) is 3.45. The lowest BCUT2D eigenvalue weighted by Gasteiger charge is -2.22. The number of hydrogen-bond donors (Lipinski definition) is 0. The maximum absolute atomic E-state index is 5.49. The molecule has 52 valence electrons. The molecule has 0 amide bonds. The highest BCUT2D eigenvalue weighted by atomic mass is 16.6. The predicted molar refractivity (Wildman–Crippen MR) is 35.4 cm³/mol. The third kappa shape index (κ3) is 0.775. The van der Waals surface area contributed by atoms with Gasteiger partial charge < -0.3 is 9.64 Å². The summed E-state index contributed by atoms with van der Waals surface area (Å²) in [5.74, 6) is 0. The van der Waals surface area contributed by atoms with Crippen LogP contribution in [0.25, 0.3) is 0 Å². The standard InChI is InChI=1S/C7H13NO/c1-7-5-8(2)4-3-6(7)9-7/h6H,3-5H2,1-2H3/t6-,7?/m1/s1. The zero-order valence-electron chi connectivity index (χ0n) is 6.05. The Morgan fingerprint density at radius 2 is 2.44 bits per heavy atom. The van der Waals surface area contributed by atoms with Crippen LogP contribution in [0.3, 0.4) is 0 Å². The van der Waals surface area contributed by atoms with Crippen LogP contribution in [-0.4, -0.2) is 36.7 Å². The number of fused-ring (bicyclic) bond motifs is 1. The molecule has 2 heterocycles. The summed E-state index contributed by atoms with van der Waals surface area (Å²) in [6.45, 7) is 4.53. The van der Waals surface area contributed by atoms with Crippen LogP contribution in [0.2, 0.25) is 0 Å². The Labute approximate surface area is 55.8 Å². The van der Waals surface area contributed by atoms with Gasteiger partial charge in [-0.1, -0.05) is 0 Å². The number of rotatable bonds is 0. The Morgan fingerprint density at radius 3 is 3.00 bits per heavy atom. The Balaban J connectivity index is 2.03. The number of ether oxygens (including phenoxy) is 1. The van der Waals surface area contributed by atoms with Gasteiger partial charge in [-0.05, 0) is 20.4 Å². The van der Waals surface area contributed by atoms with E-state index in [0.29, 0.717) is 6.10 Å². The van der Waals surface area contributed by atoms with Crippen molar-refractivity contribution in [2.75, 3.05) is 20.1 Å². The molecule has 2 fully saturated rings. The Bertz CT molecular complexity index is 137. The number of nitrogens with zero attached hydrogens (tertiary/aromatic N) is 1. The van der Waals surface area contributed by atoms with Crippen molar-refractivity contribution >= 4 is 0 Å². The molecule has 0 aliphatic carbocycles. The minimum Gasteiger partial charge on any atom is -0.365 e. The van der Waals surface area contributed by atoms with Crippen LogP contribution in [0.1, 0.15) is 13.3 Å². The zero-order valence-corrected chi connectivity index (χ0v) is 6.05. The number of hydrogen-bond acceptors (Lipinski definition) is 2. The van der Waals surface area contributed by atoms with Gasteiger partial charge in [-0.3, -0.25) is 0 Å². The quantitative estimate of drug-likeness (QED) is 0.440. The van der Waals surface area contributed by atoms with Gasteiger partial charge in [-0.25, -0.2) is 0 Å². The zero-order chi connectivity index (χ0) is 6.48. The van der Waals surface area contributed by atoms with Crippen LogP contribution >= 0.6 is 0 Å². The molecule has 2 atom stereocenters. The highest BCUT2D eigenvalue weighted by Gasteiger charge is 2.54. The Morgan fingerprint density at radius 1 is 1.67 bits per heavy atom. The fourth-order valence-corrected chi connectivity index (χ4v) is 1.75. The Kier molecular flexibility index (Phi) is 0.945. The van der Waals surface area contributed by atoms with E-state index < -0.39 is 0 Å². The van der Waals surface area contributed by atoms with Gasteiger partial charge in [-0.15, -0.1) is 0 Å². The average molecular weight is 127 g/mol. The minimum atomic E-state index is 0.243. The molecular weight excluding hydrogens is 114 g/mol. The number of epoxide rings is 1. The van der Waals surface area contributed by atoms with Gasteiger partial charge in [0.2, 0.25) is 0 Å². The summed E-state index contributed by atoms with van der Waals surface area (Å²) in [4.78, 5) is 2.34. The van der Waals surface area contributed by atoms with Crippen molar-refractivity contribution in [1.29, 1.82) is 0 Å². The molecule has 2 nitrogen and oxygen atoms in total. The van der Waals surface area contributed by atoms with E-state index in [1.165, 1.54) is 13.0 Å². The van der Waals surface area contributed by atoms with E-state index in [4.69, 9.17) is 4.74 Å². The molecular formula is C7H13NO. The van der Waals surface area contributed by atoms with Crippen molar-refractivity contribution < 1.29 is 4.74 Å². The maximum atomic E-state index is 5.49. The van der Waals surface area contributed by atoms with E-state index in [9.17, 15) is 0 Å². The number of likely N-dealkylation sites (tertiary alicyclic amines) is 1. The number of piperidine rings is 1. The second kappa shape index (κ2) is 1.50. The SMILES string of the molecule is CN1CC[C@H]2OC2(C)C1. The molecule has 0 aromatic heterocycles. The van der Waals surface area contributed by atoms with Gasteiger partial charge in [-0.2, -0.15) is 0 Å². The van der Waals surface area contributed by atoms with Gasteiger partial charge in [0.05, 0.1) is 6.10 Å². The largest absolute Gasteiger partial charge is 0.365 e. The van der Waals surface area contributed by atoms with Crippen molar-refractivity contribution in [2.45, 2.75) is 25.0 Å². The summed E-state index contributed by atoms with van der Waals surface area (Å²) in [6, 6.07) is 0. The van der Waals surface area contributed by atoms with Crippen LogP contribution in [0.4, 0.5) is 0 Å². The van der Waals surface area contributed by atoms with E-state index in [-0.39, 0.29) is 5.60 Å². The minimum absolute atomic E-state index is 0.243. The number of likely N-dealkylation sites (N-methyl/N-ethyl adjacent to an activating group) is 1. The Hall–Kier alpha value is -0.0800. The van der Waals surface area contributed by atoms with Crippen molar-refractivity contribution in [3.63, 3.8) is 0 Å². The molecule has 0 N–H and O–H groups in total. The summed E-state index contributed by atoms with van der Waals surface area (Å²) in [6.07, 6.45) is 1.82. The molecule has 2 aliphatic heterocycles. The van der Waals surface area contributed by atoms with Gasteiger partial charge in [0.1, 0.15) is 5.60 Å². The summed E-state index contributed by atoms with van der Waals surface area (Å²) in [5.41, 5.74) is 0.243. The van der Waals surface area contributed by atoms with E-state index in [0.717, 1.165) is 6.54 Å². The highest BCUT2D eigenvalue weighted by molar-refractivity contribution is 5.03. The molecule has 0 aromatic rings. The van der Waals surface area contributed by atoms with E-state index in [1.807, 2.05) is 0 Å². The van der Waals surface area contributed by atoms with Crippen LogP contribution in [-0.2, 0) is 4.74 Å². The predicted octanol–water partition coefficient (Wildman–Crippen LogP) is 0.479. The third-order valence-electron chi connectivity index (χ3n) is 2.39. The van der Waals surface area contributed by atoms with Gasteiger partial charge in [0.25, 0.3) is 0 Å². The highest BCUT2D eigenvalue weighted by Crippen LogP contribution is 2.41. The molecule has 0 aromatic carbocycles. The normalized spacial score (nSPS) is 50.7. The fourth-order valence-electron chi connectivity index (χ4n) is 1.75. The summed E-state index contributed by atoms with van der Waals surface area (Å²) >= 11 is 0. The van der Waals surface area contributed by atoms with Gasteiger partial charge >= 0.3 is 0 Å². The lowest BCUT2D eigenvalue weighted by atomic mass is 10.0. The van der Waals surface area contributed by atoms with Crippen molar-refractivity contribution in [2.24, 2.45) is 0 Å². The first-order chi connectivity index (χ1) is 4.21. The molecule has 2 aliphatic rings. The molecule has 1 unspecified atom stereocenters.